The Bertz CT molecular complexity index is 1710. The van der Waals surface area contributed by atoms with Crippen LogP contribution in [0.1, 0.15) is 5.56 Å². The third-order valence-corrected chi connectivity index (χ3v) is 5.76. The summed E-state index contributed by atoms with van der Waals surface area (Å²) in [7, 11) is 0. The molecule has 0 aliphatic carbocycles. The molecule has 0 radical (unpaired) electrons. The number of nitrogens with zero attached hydrogens (tertiary/aromatic N) is 5. The number of fused-ring (bicyclic) bond motifs is 3. The summed E-state index contributed by atoms with van der Waals surface area (Å²) >= 11 is 0. The third-order valence-electron chi connectivity index (χ3n) is 5.76. The second kappa shape index (κ2) is 8.04. The summed E-state index contributed by atoms with van der Waals surface area (Å²) in [5.41, 5.74) is 4.27. The van der Waals surface area contributed by atoms with E-state index < -0.39 is 0 Å². The molecule has 0 aliphatic heterocycles. The normalized spacial score (nSPS) is 11.3. The molecule has 3 heterocycles. The minimum atomic E-state index is -0.383. The molecule has 6 rings (SSSR count). The Labute approximate surface area is 193 Å². The van der Waals surface area contributed by atoms with Gasteiger partial charge in [0.25, 0.3) is 5.56 Å². The van der Waals surface area contributed by atoms with Gasteiger partial charge in [-0.1, -0.05) is 72.8 Å². The van der Waals surface area contributed by atoms with Crippen molar-refractivity contribution in [2.24, 2.45) is 0 Å². The van der Waals surface area contributed by atoms with Gasteiger partial charge in [0.15, 0.2) is 0 Å². The molecule has 0 bridgehead atoms. The van der Waals surface area contributed by atoms with Crippen LogP contribution in [-0.2, 0) is 6.54 Å². The van der Waals surface area contributed by atoms with Crippen LogP contribution in [0.5, 0.6) is 0 Å². The molecule has 0 fully saturated rings. The maximum atomic E-state index is 14.2. The SMILES string of the molecule is O=c1c2ncn3nc(-c4ccccc4)cc3c2c(-c2cccc(F)c2)nn1Cc1ccccc1. The van der Waals surface area contributed by atoms with Crippen LogP contribution in [-0.4, -0.2) is 24.4 Å². The summed E-state index contributed by atoms with van der Waals surface area (Å²) in [6, 6.07) is 27.5. The number of benzene rings is 3. The lowest BCUT2D eigenvalue weighted by Crippen LogP contribution is -2.25. The summed E-state index contributed by atoms with van der Waals surface area (Å²) in [6.45, 7) is 0.277. The van der Waals surface area contributed by atoms with Crippen molar-refractivity contribution >= 4 is 16.4 Å². The zero-order chi connectivity index (χ0) is 23.1. The topological polar surface area (TPSA) is 65.1 Å². The molecule has 0 aliphatic rings. The zero-order valence-electron chi connectivity index (χ0n) is 18.0. The maximum Gasteiger partial charge on any atom is 0.293 e. The second-order valence-electron chi connectivity index (χ2n) is 8.00. The Balaban J connectivity index is 1.66. The van der Waals surface area contributed by atoms with Gasteiger partial charge in [0.2, 0.25) is 0 Å². The summed E-state index contributed by atoms with van der Waals surface area (Å²) in [4.78, 5) is 17.9. The van der Waals surface area contributed by atoms with E-state index in [-0.39, 0.29) is 23.4 Å². The first-order chi connectivity index (χ1) is 16.7. The van der Waals surface area contributed by atoms with E-state index in [9.17, 15) is 9.18 Å². The average molecular weight is 447 g/mol. The molecule has 0 amide bonds. The lowest BCUT2D eigenvalue weighted by molar-refractivity contribution is 0.627. The van der Waals surface area contributed by atoms with Crippen LogP contribution in [0, 0.1) is 5.82 Å². The minimum absolute atomic E-state index is 0.261. The van der Waals surface area contributed by atoms with Crippen LogP contribution in [0.15, 0.2) is 102 Å². The van der Waals surface area contributed by atoms with E-state index >= 15 is 0 Å². The van der Waals surface area contributed by atoms with Gasteiger partial charge in [0.1, 0.15) is 23.4 Å². The van der Waals surface area contributed by atoms with Gasteiger partial charge in [-0.15, -0.1) is 0 Å². The number of aromatic nitrogens is 5. The van der Waals surface area contributed by atoms with Crippen LogP contribution >= 0.6 is 0 Å². The molecule has 7 heteroatoms. The van der Waals surface area contributed by atoms with Crippen molar-refractivity contribution < 1.29 is 4.39 Å². The van der Waals surface area contributed by atoms with Gasteiger partial charge in [0, 0.05) is 11.1 Å². The summed E-state index contributed by atoms with van der Waals surface area (Å²) in [5.74, 6) is -0.383. The van der Waals surface area contributed by atoms with Gasteiger partial charge in [0.05, 0.1) is 23.1 Å². The molecule has 6 nitrogen and oxygen atoms in total. The van der Waals surface area contributed by atoms with Crippen LogP contribution in [0.3, 0.4) is 0 Å². The standard InChI is InChI=1S/C27H18FN5O/c28-21-13-7-12-20(14-21)25-24-23-15-22(19-10-5-2-6-11-19)30-33(23)17-29-26(24)27(34)32(31-25)16-18-8-3-1-4-9-18/h1-15,17H,16H2. The lowest BCUT2D eigenvalue weighted by Gasteiger charge is -2.12. The Hall–Kier alpha value is -4.65. The Kier molecular flexibility index (Phi) is 4.73. The van der Waals surface area contributed by atoms with Crippen molar-refractivity contribution in [3.05, 3.63) is 119 Å². The fourth-order valence-corrected chi connectivity index (χ4v) is 4.15. The van der Waals surface area contributed by atoms with Gasteiger partial charge in [-0.3, -0.25) is 4.79 Å². The first-order valence-corrected chi connectivity index (χ1v) is 10.8. The predicted molar refractivity (Wildman–Crippen MR) is 129 cm³/mol. The van der Waals surface area contributed by atoms with Crippen molar-refractivity contribution in [3.8, 4) is 22.5 Å². The minimum Gasteiger partial charge on any atom is -0.265 e. The van der Waals surface area contributed by atoms with E-state index in [0.29, 0.717) is 22.2 Å². The molecule has 3 aromatic heterocycles. The van der Waals surface area contributed by atoms with Gasteiger partial charge in [-0.05, 0) is 23.8 Å². The molecule has 0 N–H and O–H groups in total. The van der Waals surface area contributed by atoms with Crippen LogP contribution < -0.4 is 5.56 Å². The smallest absolute Gasteiger partial charge is 0.265 e. The van der Waals surface area contributed by atoms with Crippen molar-refractivity contribution in [1.29, 1.82) is 0 Å². The van der Waals surface area contributed by atoms with Crippen LogP contribution in [0.4, 0.5) is 4.39 Å². The molecule has 164 valence electrons. The van der Waals surface area contributed by atoms with Gasteiger partial charge >= 0.3 is 0 Å². The van der Waals surface area contributed by atoms with Crippen molar-refractivity contribution in [3.63, 3.8) is 0 Å². The largest absolute Gasteiger partial charge is 0.293 e. The van der Waals surface area contributed by atoms with E-state index in [0.717, 1.165) is 16.8 Å². The number of hydrogen-bond donors (Lipinski definition) is 0. The highest BCUT2D eigenvalue weighted by molar-refractivity contribution is 6.03. The Morgan fingerprint density at radius 1 is 0.794 bits per heavy atom. The monoisotopic (exact) mass is 447 g/mol. The molecule has 3 aromatic carbocycles. The fraction of sp³-hybridized carbons (Fsp3) is 0.0370. The summed E-state index contributed by atoms with van der Waals surface area (Å²) < 4.78 is 17.2. The summed E-state index contributed by atoms with van der Waals surface area (Å²) in [6.07, 6.45) is 1.54. The van der Waals surface area contributed by atoms with E-state index in [1.807, 2.05) is 66.7 Å². The van der Waals surface area contributed by atoms with Crippen LogP contribution in [0.2, 0.25) is 0 Å². The molecule has 0 spiro atoms. The molecule has 0 atom stereocenters. The number of hydrogen-bond acceptors (Lipinski definition) is 4. The van der Waals surface area contributed by atoms with E-state index in [1.165, 1.54) is 23.1 Å². The zero-order valence-corrected chi connectivity index (χ0v) is 18.0. The van der Waals surface area contributed by atoms with E-state index in [2.05, 4.69) is 10.1 Å². The molecule has 0 unspecified atom stereocenters. The Morgan fingerprint density at radius 3 is 2.29 bits per heavy atom. The molecule has 34 heavy (non-hydrogen) atoms. The maximum absolute atomic E-state index is 14.2. The quantitative estimate of drug-likeness (QED) is 0.383. The van der Waals surface area contributed by atoms with Gasteiger partial charge in [-0.25, -0.2) is 18.6 Å². The molecule has 0 saturated carbocycles. The average Bonchev–Trinajstić information content (AvgIpc) is 3.31. The van der Waals surface area contributed by atoms with Gasteiger partial charge < -0.3 is 0 Å². The molecular weight excluding hydrogens is 429 g/mol. The van der Waals surface area contributed by atoms with Crippen molar-refractivity contribution in [1.82, 2.24) is 24.4 Å². The van der Waals surface area contributed by atoms with Crippen molar-refractivity contribution in [2.75, 3.05) is 0 Å². The lowest BCUT2D eigenvalue weighted by atomic mass is 10.1. The van der Waals surface area contributed by atoms with E-state index in [4.69, 9.17) is 5.10 Å². The highest BCUT2D eigenvalue weighted by Gasteiger charge is 2.19. The highest BCUT2D eigenvalue weighted by Crippen LogP contribution is 2.30. The predicted octanol–water partition coefficient (Wildman–Crippen LogP) is 4.96. The fourth-order valence-electron chi connectivity index (χ4n) is 4.15. The number of rotatable bonds is 4. The number of halogens is 1. The first kappa shape index (κ1) is 20.0. The van der Waals surface area contributed by atoms with E-state index in [1.54, 1.807) is 16.6 Å². The molecule has 6 aromatic rings. The third kappa shape index (κ3) is 3.44. The van der Waals surface area contributed by atoms with Crippen LogP contribution in [0.25, 0.3) is 38.9 Å². The second-order valence-corrected chi connectivity index (χ2v) is 8.00. The summed E-state index contributed by atoms with van der Waals surface area (Å²) in [5, 5.41) is 9.88. The Morgan fingerprint density at radius 2 is 1.53 bits per heavy atom. The van der Waals surface area contributed by atoms with Gasteiger partial charge in [-0.2, -0.15) is 10.2 Å². The molecule has 0 saturated heterocycles. The first-order valence-electron chi connectivity index (χ1n) is 10.8. The highest BCUT2D eigenvalue weighted by atomic mass is 19.1. The van der Waals surface area contributed by atoms with Crippen molar-refractivity contribution in [2.45, 2.75) is 6.54 Å². The molecular formula is C27H18FN5O.